The number of rotatable bonds is 8. The lowest BCUT2D eigenvalue weighted by Gasteiger charge is -2.22. The van der Waals surface area contributed by atoms with Crippen LogP contribution in [-0.4, -0.2) is 57.1 Å². The Morgan fingerprint density at radius 3 is 2.45 bits per heavy atom. The summed E-state index contributed by atoms with van der Waals surface area (Å²) in [5, 5.41) is 0.536. The van der Waals surface area contributed by atoms with E-state index in [4.69, 9.17) is 0 Å². The van der Waals surface area contributed by atoms with Gasteiger partial charge in [-0.05, 0) is 56.6 Å². The van der Waals surface area contributed by atoms with Gasteiger partial charge >= 0.3 is 0 Å². The number of fused-ring (bicyclic) bond motifs is 1. The zero-order valence-electron chi connectivity index (χ0n) is 16.9. The Kier molecular flexibility index (Phi) is 8.96. The molecule has 31 heavy (non-hydrogen) atoms. The van der Waals surface area contributed by atoms with Crippen LogP contribution < -0.4 is 4.90 Å². The minimum absolute atomic E-state index is 0. The van der Waals surface area contributed by atoms with Gasteiger partial charge in [0.05, 0.1) is 20.9 Å². The monoisotopic (exact) mass is 549 g/mol. The Balaban J connectivity index is 0.00000341. The highest BCUT2D eigenvalue weighted by Gasteiger charge is 2.23. The minimum Gasteiger partial charge on any atom is -0.308 e. The highest BCUT2D eigenvalue weighted by molar-refractivity contribution is 9.10. The van der Waals surface area contributed by atoms with Gasteiger partial charge < -0.3 is 4.90 Å². The molecular weight excluding hydrogens is 529 g/mol. The number of aromatic nitrogens is 1. The Morgan fingerprint density at radius 2 is 1.81 bits per heavy atom. The summed E-state index contributed by atoms with van der Waals surface area (Å²) >= 11 is 4.82. The molecule has 0 radical (unpaired) electrons. The van der Waals surface area contributed by atoms with Crippen molar-refractivity contribution >= 4 is 70.8 Å². The summed E-state index contributed by atoms with van der Waals surface area (Å²) in [7, 11) is 0.103. The van der Waals surface area contributed by atoms with E-state index in [-0.39, 0.29) is 35.4 Å². The lowest BCUT2D eigenvalue weighted by molar-refractivity contribution is -0.118. The van der Waals surface area contributed by atoms with Crippen molar-refractivity contribution in [3.05, 3.63) is 52.8 Å². The first-order valence-electron chi connectivity index (χ1n) is 9.15. The summed E-state index contributed by atoms with van der Waals surface area (Å²) in [5.41, 5.74) is 0.778. The van der Waals surface area contributed by atoms with Gasteiger partial charge in [-0.3, -0.25) is 9.69 Å². The molecule has 0 aliphatic heterocycles. The van der Waals surface area contributed by atoms with Gasteiger partial charge in [-0.2, -0.15) is 0 Å². The van der Waals surface area contributed by atoms with E-state index >= 15 is 0 Å². The van der Waals surface area contributed by atoms with Crippen LogP contribution in [0.5, 0.6) is 0 Å². The van der Waals surface area contributed by atoms with E-state index in [9.17, 15) is 17.6 Å². The van der Waals surface area contributed by atoms with Crippen molar-refractivity contribution in [3.8, 4) is 0 Å². The summed E-state index contributed by atoms with van der Waals surface area (Å²) in [6.45, 7) is 0.999. The molecule has 0 saturated carbocycles. The van der Waals surface area contributed by atoms with Gasteiger partial charge in [0.1, 0.15) is 5.82 Å². The number of halogens is 3. The molecule has 6 nitrogen and oxygen atoms in total. The van der Waals surface area contributed by atoms with Crippen molar-refractivity contribution in [3.63, 3.8) is 0 Å². The molecule has 0 bridgehead atoms. The number of nitrogens with zero attached hydrogens (tertiary/aromatic N) is 3. The quantitative estimate of drug-likeness (QED) is 0.389. The van der Waals surface area contributed by atoms with Gasteiger partial charge in [-0.1, -0.05) is 27.3 Å². The van der Waals surface area contributed by atoms with Crippen molar-refractivity contribution in [2.24, 2.45) is 0 Å². The van der Waals surface area contributed by atoms with Crippen LogP contribution in [0.4, 0.5) is 9.52 Å². The zero-order valence-corrected chi connectivity index (χ0v) is 21.0. The molecule has 0 unspecified atom stereocenters. The average molecular weight is 551 g/mol. The Bertz CT molecular complexity index is 1150. The van der Waals surface area contributed by atoms with Gasteiger partial charge in [-0.15, -0.1) is 12.4 Å². The van der Waals surface area contributed by atoms with E-state index in [1.54, 1.807) is 4.90 Å². The topological polar surface area (TPSA) is 70.6 Å². The SMILES string of the molecule is CN(C)CCN(C(=O)CCS(=O)(=O)c1ccc(F)cc1)c1nc2ccc(Br)cc2s1.Cl. The molecule has 0 fully saturated rings. The third-order valence-electron chi connectivity index (χ3n) is 4.40. The molecule has 3 aromatic rings. The highest BCUT2D eigenvalue weighted by Crippen LogP contribution is 2.31. The lowest BCUT2D eigenvalue weighted by Crippen LogP contribution is -2.37. The zero-order chi connectivity index (χ0) is 21.9. The summed E-state index contributed by atoms with van der Waals surface area (Å²) in [4.78, 5) is 21.0. The number of anilines is 1. The number of sulfone groups is 1. The molecule has 168 valence electrons. The molecule has 0 aliphatic rings. The number of hydrogen-bond acceptors (Lipinski definition) is 6. The van der Waals surface area contributed by atoms with Gasteiger partial charge in [0.2, 0.25) is 5.91 Å². The summed E-state index contributed by atoms with van der Waals surface area (Å²) in [5.74, 6) is -1.19. The molecule has 11 heteroatoms. The number of amides is 1. The molecule has 0 atom stereocenters. The molecule has 3 rings (SSSR count). The number of benzene rings is 2. The number of hydrogen-bond donors (Lipinski definition) is 0. The van der Waals surface area contributed by atoms with E-state index in [1.807, 2.05) is 37.2 Å². The van der Waals surface area contributed by atoms with E-state index in [1.165, 1.54) is 23.5 Å². The second-order valence-electron chi connectivity index (χ2n) is 6.98. The van der Waals surface area contributed by atoms with Crippen molar-refractivity contribution < 1.29 is 17.6 Å². The van der Waals surface area contributed by atoms with Gasteiger partial charge in [-0.25, -0.2) is 17.8 Å². The lowest BCUT2D eigenvalue weighted by atomic mass is 10.3. The molecule has 0 spiro atoms. The Morgan fingerprint density at radius 1 is 1.13 bits per heavy atom. The molecule has 0 N–H and O–H groups in total. The fourth-order valence-corrected chi connectivity index (χ4v) is 5.54. The molecular formula is C20H22BrClFN3O3S2. The van der Waals surface area contributed by atoms with Crippen LogP contribution in [0.3, 0.4) is 0 Å². The maximum absolute atomic E-state index is 13.1. The van der Waals surface area contributed by atoms with Gasteiger partial charge in [0.25, 0.3) is 0 Å². The Labute approximate surface area is 199 Å². The Hall–Kier alpha value is -1.59. The third-order valence-corrected chi connectivity index (χ3v) is 7.67. The van der Waals surface area contributed by atoms with Crippen molar-refractivity contribution in [2.75, 3.05) is 37.8 Å². The van der Waals surface area contributed by atoms with E-state index in [0.717, 1.165) is 26.8 Å². The number of carbonyl (C=O) groups excluding carboxylic acids is 1. The maximum atomic E-state index is 13.1. The molecule has 0 saturated heterocycles. The van der Waals surface area contributed by atoms with Gasteiger partial charge in [0.15, 0.2) is 15.0 Å². The molecule has 1 heterocycles. The first-order valence-corrected chi connectivity index (χ1v) is 12.4. The van der Waals surface area contributed by atoms with Crippen LogP contribution in [0, 0.1) is 5.82 Å². The molecule has 0 aliphatic carbocycles. The van der Waals surface area contributed by atoms with Crippen LogP contribution in [0.25, 0.3) is 10.2 Å². The van der Waals surface area contributed by atoms with Crippen LogP contribution in [-0.2, 0) is 14.6 Å². The van der Waals surface area contributed by atoms with Crippen LogP contribution in [0.2, 0.25) is 0 Å². The largest absolute Gasteiger partial charge is 0.308 e. The molecule has 1 aromatic heterocycles. The highest BCUT2D eigenvalue weighted by atomic mass is 79.9. The normalized spacial score (nSPS) is 11.5. The van der Waals surface area contributed by atoms with E-state index < -0.39 is 15.7 Å². The predicted molar refractivity (Wildman–Crippen MR) is 129 cm³/mol. The van der Waals surface area contributed by atoms with Crippen molar-refractivity contribution in [1.29, 1.82) is 0 Å². The summed E-state index contributed by atoms with van der Waals surface area (Å²) in [6, 6.07) is 10.3. The first kappa shape index (κ1) is 25.7. The van der Waals surface area contributed by atoms with Crippen LogP contribution >= 0.6 is 39.7 Å². The van der Waals surface area contributed by atoms with Gasteiger partial charge in [0, 0.05) is 24.0 Å². The number of likely N-dealkylation sites (N-methyl/N-ethyl adjacent to an activating group) is 1. The maximum Gasteiger partial charge on any atom is 0.229 e. The van der Waals surface area contributed by atoms with Crippen molar-refractivity contribution in [2.45, 2.75) is 11.3 Å². The molecule has 1 amide bonds. The second-order valence-corrected chi connectivity index (χ2v) is 11.0. The standard InChI is InChI=1S/C20H21BrFN3O3S2.ClH/c1-24(2)10-11-25(20-23-17-8-3-14(21)13-18(17)29-20)19(26)9-12-30(27,28)16-6-4-15(22)5-7-16;/h3-8,13H,9-12H2,1-2H3;1H. The van der Waals surface area contributed by atoms with E-state index in [2.05, 4.69) is 20.9 Å². The summed E-state index contributed by atoms with van der Waals surface area (Å²) in [6.07, 6.45) is -0.188. The van der Waals surface area contributed by atoms with Crippen LogP contribution in [0.15, 0.2) is 51.8 Å². The fourth-order valence-electron chi connectivity index (χ4n) is 2.75. The third kappa shape index (κ3) is 6.69. The first-order chi connectivity index (χ1) is 14.2. The fraction of sp³-hybridized carbons (Fsp3) is 0.300. The number of carbonyl (C=O) groups is 1. The van der Waals surface area contributed by atoms with E-state index in [0.29, 0.717) is 18.2 Å². The predicted octanol–water partition coefficient (Wildman–Crippen LogP) is 4.38. The number of thiazole rings is 1. The molecule has 2 aromatic carbocycles. The summed E-state index contributed by atoms with van der Waals surface area (Å²) < 4.78 is 40.0. The second kappa shape index (κ2) is 10.8. The minimum atomic E-state index is -3.70. The smallest absolute Gasteiger partial charge is 0.229 e. The average Bonchev–Trinajstić information content (AvgIpc) is 3.09. The van der Waals surface area contributed by atoms with Crippen LogP contribution in [0.1, 0.15) is 6.42 Å². The van der Waals surface area contributed by atoms with Crippen molar-refractivity contribution in [1.82, 2.24) is 9.88 Å².